The Morgan fingerprint density at radius 2 is 1.71 bits per heavy atom. The molecule has 1 amide bonds. The highest BCUT2D eigenvalue weighted by Crippen LogP contribution is 2.26. The summed E-state index contributed by atoms with van der Waals surface area (Å²) >= 11 is 0. The molecule has 2 N–H and O–H groups in total. The van der Waals surface area contributed by atoms with Crippen LogP contribution in [-0.2, 0) is 0 Å². The van der Waals surface area contributed by atoms with Crippen LogP contribution in [0, 0.1) is 11.7 Å². The molecule has 1 fully saturated rings. The monoisotopic (exact) mass is 474 g/mol. The van der Waals surface area contributed by atoms with Crippen LogP contribution in [0.1, 0.15) is 50.9 Å². The van der Waals surface area contributed by atoms with Gasteiger partial charge in [-0.3, -0.25) is 4.79 Å². The number of nitrogens with one attached hydrogen (secondary N) is 1. The zero-order valence-corrected chi connectivity index (χ0v) is 20.5. The van der Waals surface area contributed by atoms with E-state index in [-0.39, 0.29) is 12.2 Å². The molecule has 0 radical (unpaired) electrons. The minimum Gasteiger partial charge on any atom is -0.493 e. The number of aliphatic hydroxyl groups is 1. The number of carbonyl (C=O) groups is 1. The van der Waals surface area contributed by atoms with E-state index in [1.165, 1.54) is 12.1 Å². The topological polar surface area (TPSA) is 61.8 Å². The number of hydrogen-bond acceptors (Lipinski definition) is 4. The van der Waals surface area contributed by atoms with Crippen molar-refractivity contribution in [3.05, 3.63) is 53.8 Å². The van der Waals surface area contributed by atoms with Crippen LogP contribution in [0.15, 0.2) is 42.5 Å². The van der Waals surface area contributed by atoms with Gasteiger partial charge in [-0.2, -0.15) is 0 Å². The Bertz CT molecular complexity index is 963. The normalized spacial score (nSPS) is 15.9. The first-order valence-corrected chi connectivity index (χ1v) is 11.8. The molecule has 0 atom stereocenters. The van der Waals surface area contributed by atoms with Gasteiger partial charge in [-0.15, -0.1) is 0 Å². The molecule has 0 bridgehead atoms. The molecule has 0 unspecified atom stereocenters. The van der Waals surface area contributed by atoms with Crippen LogP contribution in [-0.4, -0.2) is 60.0 Å². The number of aliphatic hydroxyl groups excluding tert-OH is 1. The van der Waals surface area contributed by atoms with Gasteiger partial charge in [0, 0.05) is 6.54 Å². The molecule has 7 heteroatoms. The van der Waals surface area contributed by atoms with E-state index in [2.05, 4.69) is 10.2 Å². The van der Waals surface area contributed by atoms with Crippen LogP contribution < -0.4 is 10.1 Å². The summed E-state index contributed by atoms with van der Waals surface area (Å²) in [6.07, 6.45) is 1.98. The average Bonchev–Trinajstić information content (AvgIpc) is 2.77. The zero-order chi connectivity index (χ0) is 24.9. The van der Waals surface area contributed by atoms with Gasteiger partial charge in [0.1, 0.15) is 17.2 Å². The van der Waals surface area contributed by atoms with Crippen molar-refractivity contribution in [1.82, 2.24) is 10.2 Å². The number of halogens is 2. The number of carbonyl (C=O) groups excluding carboxylic acids is 1. The van der Waals surface area contributed by atoms with Gasteiger partial charge in [-0.1, -0.05) is 18.2 Å². The first-order valence-electron chi connectivity index (χ1n) is 11.8. The Labute approximate surface area is 201 Å². The van der Waals surface area contributed by atoms with Crippen LogP contribution in [0.5, 0.6) is 5.75 Å². The minimum atomic E-state index is -1.17. The molecule has 2 aromatic rings. The van der Waals surface area contributed by atoms with E-state index < -0.39 is 22.9 Å². The summed E-state index contributed by atoms with van der Waals surface area (Å²) in [4.78, 5) is 14.5. The smallest absolute Gasteiger partial charge is 0.254 e. The van der Waals surface area contributed by atoms with Crippen molar-refractivity contribution in [3.63, 3.8) is 0 Å². The van der Waals surface area contributed by atoms with Gasteiger partial charge >= 0.3 is 0 Å². The summed E-state index contributed by atoms with van der Waals surface area (Å²) in [5, 5.41) is 11.9. The lowest BCUT2D eigenvalue weighted by Gasteiger charge is -2.34. The van der Waals surface area contributed by atoms with Crippen LogP contribution in [0.25, 0.3) is 11.1 Å². The average molecular weight is 475 g/mol. The second kappa shape index (κ2) is 10.8. The van der Waals surface area contributed by atoms with Crippen molar-refractivity contribution >= 4 is 5.91 Å². The van der Waals surface area contributed by atoms with E-state index in [9.17, 15) is 18.7 Å². The number of nitrogens with zero attached hydrogens (tertiary/aromatic N) is 1. The lowest BCUT2D eigenvalue weighted by Crippen LogP contribution is -2.46. The molecule has 186 valence electrons. The molecule has 0 saturated carbocycles. The van der Waals surface area contributed by atoms with Crippen molar-refractivity contribution < 1.29 is 23.4 Å². The fourth-order valence-corrected chi connectivity index (χ4v) is 4.09. The fraction of sp³-hybridized carbons (Fsp3) is 0.519. The summed E-state index contributed by atoms with van der Waals surface area (Å²) < 4.78 is 34.4. The first-order chi connectivity index (χ1) is 16.0. The molecule has 34 heavy (non-hydrogen) atoms. The number of likely N-dealkylation sites (tertiary alicyclic amines) is 1. The predicted octanol–water partition coefficient (Wildman–Crippen LogP) is 4.83. The third kappa shape index (κ3) is 7.50. The van der Waals surface area contributed by atoms with E-state index in [4.69, 9.17) is 4.74 Å². The Kier molecular flexibility index (Phi) is 8.31. The van der Waals surface area contributed by atoms with E-state index in [0.717, 1.165) is 37.2 Å². The summed E-state index contributed by atoms with van der Waals surface area (Å²) in [5.74, 6) is 0.0127. The molecule has 0 aromatic heterocycles. The molecule has 2 aromatic carbocycles. The summed E-state index contributed by atoms with van der Waals surface area (Å²) in [6.45, 7) is 9.17. The zero-order valence-electron chi connectivity index (χ0n) is 20.5. The second-order valence-electron chi connectivity index (χ2n) is 10.5. The molecular formula is C27H36F2N2O3. The van der Waals surface area contributed by atoms with Gasteiger partial charge in [0.05, 0.1) is 24.3 Å². The second-order valence-corrected chi connectivity index (χ2v) is 10.5. The summed E-state index contributed by atoms with van der Waals surface area (Å²) in [6, 6.07) is 11.9. The third-order valence-corrected chi connectivity index (χ3v) is 6.04. The van der Waals surface area contributed by atoms with Gasteiger partial charge in [0.15, 0.2) is 0 Å². The van der Waals surface area contributed by atoms with Crippen LogP contribution in [0.4, 0.5) is 8.78 Å². The van der Waals surface area contributed by atoms with Crippen molar-refractivity contribution in [3.8, 4) is 16.9 Å². The molecule has 5 nitrogen and oxygen atoms in total. The number of amides is 1. The SMILES string of the molecule is CC(C)(F)CN1CCC(COc2ccc(-c3ccc(C(=O)NC(C)(C)CO)c(F)c3)cc2)CC1. The highest BCUT2D eigenvalue weighted by molar-refractivity contribution is 5.95. The Morgan fingerprint density at radius 1 is 1.09 bits per heavy atom. The standard InChI is InChI=1S/C27H36F2N2O3/c1-26(2,29)17-31-13-11-19(12-14-31)16-34-22-8-5-20(6-9-22)21-7-10-23(24(28)15-21)25(33)30-27(3,4)18-32/h5-10,15,19,32H,11-14,16-18H2,1-4H3,(H,30,33). The van der Waals surface area contributed by atoms with Crippen LogP contribution in [0.3, 0.4) is 0 Å². The molecule has 3 rings (SSSR count). The van der Waals surface area contributed by atoms with Gasteiger partial charge in [-0.05, 0) is 94.9 Å². The molecular weight excluding hydrogens is 438 g/mol. The largest absolute Gasteiger partial charge is 0.493 e. The van der Waals surface area contributed by atoms with E-state index in [0.29, 0.717) is 24.6 Å². The molecule has 1 aliphatic rings. The van der Waals surface area contributed by atoms with E-state index in [1.54, 1.807) is 33.8 Å². The molecule has 0 aliphatic carbocycles. The third-order valence-electron chi connectivity index (χ3n) is 6.04. The number of alkyl halides is 1. The van der Waals surface area contributed by atoms with E-state index in [1.807, 2.05) is 24.3 Å². The highest BCUT2D eigenvalue weighted by Gasteiger charge is 2.25. The molecule has 1 aliphatic heterocycles. The van der Waals surface area contributed by atoms with E-state index >= 15 is 0 Å². The van der Waals surface area contributed by atoms with Gasteiger partial charge in [0.25, 0.3) is 5.91 Å². The van der Waals surface area contributed by atoms with Crippen molar-refractivity contribution in [2.45, 2.75) is 51.7 Å². The van der Waals surface area contributed by atoms with Crippen molar-refractivity contribution in [2.75, 3.05) is 32.8 Å². The number of ether oxygens (including phenoxy) is 1. The fourth-order valence-electron chi connectivity index (χ4n) is 4.09. The van der Waals surface area contributed by atoms with Crippen LogP contribution in [0.2, 0.25) is 0 Å². The molecule has 1 saturated heterocycles. The lowest BCUT2D eigenvalue weighted by atomic mass is 9.97. The quantitative estimate of drug-likeness (QED) is 0.546. The maximum Gasteiger partial charge on any atom is 0.254 e. The Hall–Kier alpha value is -2.51. The molecule has 0 spiro atoms. The van der Waals surface area contributed by atoms with Crippen molar-refractivity contribution in [1.29, 1.82) is 0 Å². The van der Waals surface area contributed by atoms with Crippen LogP contribution >= 0.6 is 0 Å². The highest BCUT2D eigenvalue weighted by atomic mass is 19.1. The maximum absolute atomic E-state index is 14.6. The molecule has 1 heterocycles. The summed E-state index contributed by atoms with van der Waals surface area (Å²) in [7, 11) is 0. The number of piperidine rings is 1. The Morgan fingerprint density at radius 3 is 2.26 bits per heavy atom. The number of rotatable bonds is 9. The van der Waals surface area contributed by atoms with Crippen molar-refractivity contribution in [2.24, 2.45) is 5.92 Å². The van der Waals surface area contributed by atoms with Gasteiger partial charge < -0.3 is 20.1 Å². The summed E-state index contributed by atoms with van der Waals surface area (Å²) in [5.41, 5.74) is -0.592. The minimum absolute atomic E-state index is 0.0636. The van der Waals surface area contributed by atoms with Gasteiger partial charge in [-0.25, -0.2) is 8.78 Å². The number of hydrogen-bond donors (Lipinski definition) is 2. The maximum atomic E-state index is 14.6. The van der Waals surface area contributed by atoms with Gasteiger partial charge in [0.2, 0.25) is 0 Å². The number of benzene rings is 2. The first kappa shape index (κ1) is 26.1. The Balaban J connectivity index is 1.54. The lowest BCUT2D eigenvalue weighted by molar-refractivity contribution is 0.0836. The predicted molar refractivity (Wildman–Crippen MR) is 130 cm³/mol.